The summed E-state index contributed by atoms with van der Waals surface area (Å²) in [5, 5.41) is 11.2. The van der Waals surface area contributed by atoms with Crippen LogP contribution in [0.4, 0.5) is 4.39 Å². The number of amides is 1. The Morgan fingerprint density at radius 2 is 2.08 bits per heavy atom. The highest BCUT2D eigenvalue weighted by atomic mass is 35.5. The first kappa shape index (κ1) is 23.0. The number of carbonyl (C=O) groups is 1. The summed E-state index contributed by atoms with van der Waals surface area (Å²) in [6, 6.07) is 4.85. The van der Waals surface area contributed by atoms with Gasteiger partial charge < -0.3 is 9.88 Å². The van der Waals surface area contributed by atoms with Crippen LogP contribution in [0.2, 0.25) is 5.02 Å². The number of hydrogen-bond donors (Lipinski definition) is 1. The lowest BCUT2D eigenvalue weighted by molar-refractivity contribution is -0.129. The van der Waals surface area contributed by atoms with Crippen LogP contribution in [0.1, 0.15) is 54.9 Å². The Labute approximate surface area is 222 Å². The van der Waals surface area contributed by atoms with E-state index < -0.39 is 5.82 Å². The standard InChI is InChI=1S/C27H22ClFN8O/c1-14-2-4-18-17(8-9-30-26(14)18)20-12-31-27(33-20)22-6-3-16-10-15(11-23(38)37(16)22)24-21(36-13-32-34-35-36)7-5-19(28)25(24)29/h2,5,7-9,11-13,16,22H,3-4,6,10H2,1H3,(H,31,33). The van der Waals surface area contributed by atoms with Gasteiger partial charge in [-0.2, -0.15) is 4.68 Å². The van der Waals surface area contributed by atoms with Gasteiger partial charge in [0.05, 0.1) is 34.3 Å². The van der Waals surface area contributed by atoms with Gasteiger partial charge in [-0.25, -0.2) is 9.37 Å². The van der Waals surface area contributed by atoms with Gasteiger partial charge in [0.2, 0.25) is 5.91 Å². The minimum atomic E-state index is -0.591. The minimum Gasteiger partial charge on any atom is -0.340 e. The molecule has 1 N–H and O–H groups in total. The first-order chi connectivity index (χ1) is 18.5. The van der Waals surface area contributed by atoms with Crippen molar-refractivity contribution >= 4 is 28.7 Å². The molecule has 0 bridgehead atoms. The third kappa shape index (κ3) is 3.51. The maximum absolute atomic E-state index is 15.3. The minimum absolute atomic E-state index is 0.0204. The molecule has 7 rings (SSSR count). The Kier molecular flexibility index (Phi) is 5.26. The molecule has 2 unspecified atom stereocenters. The number of rotatable bonds is 4. The van der Waals surface area contributed by atoms with E-state index in [1.165, 1.54) is 34.3 Å². The van der Waals surface area contributed by atoms with Crippen molar-refractivity contribution in [3.05, 3.63) is 82.6 Å². The second-order valence-corrected chi connectivity index (χ2v) is 10.2. The van der Waals surface area contributed by atoms with Crippen molar-refractivity contribution in [2.45, 2.75) is 44.7 Å². The van der Waals surface area contributed by atoms with Crippen LogP contribution >= 0.6 is 11.6 Å². The zero-order valence-corrected chi connectivity index (χ0v) is 21.2. The number of carbonyl (C=O) groups excluding carboxylic acids is 1. The summed E-state index contributed by atoms with van der Waals surface area (Å²) >= 11 is 6.14. The fraction of sp³-hybridized carbons (Fsp3) is 0.259. The number of nitrogens with one attached hydrogen (secondary N) is 1. The van der Waals surface area contributed by atoms with Crippen molar-refractivity contribution < 1.29 is 9.18 Å². The summed E-state index contributed by atoms with van der Waals surface area (Å²) in [4.78, 5) is 28.1. The number of pyridine rings is 1. The molecule has 0 spiro atoms. The molecule has 38 heavy (non-hydrogen) atoms. The number of benzene rings is 1. The maximum atomic E-state index is 15.3. The van der Waals surface area contributed by atoms with E-state index in [4.69, 9.17) is 11.6 Å². The Morgan fingerprint density at radius 1 is 1.18 bits per heavy atom. The molecular weight excluding hydrogens is 507 g/mol. The van der Waals surface area contributed by atoms with Gasteiger partial charge in [0.25, 0.3) is 0 Å². The van der Waals surface area contributed by atoms with Gasteiger partial charge in [-0.05, 0) is 77.9 Å². The first-order valence-electron chi connectivity index (χ1n) is 12.4. The zero-order chi connectivity index (χ0) is 26.0. The third-order valence-electron chi connectivity index (χ3n) is 7.74. The highest BCUT2D eigenvalue weighted by Crippen LogP contribution is 2.44. The van der Waals surface area contributed by atoms with E-state index >= 15 is 4.39 Å². The number of aromatic nitrogens is 7. The third-order valence-corrected chi connectivity index (χ3v) is 8.03. The van der Waals surface area contributed by atoms with Crippen LogP contribution in [0.5, 0.6) is 0 Å². The van der Waals surface area contributed by atoms with Crippen molar-refractivity contribution in [1.82, 2.24) is 40.1 Å². The summed E-state index contributed by atoms with van der Waals surface area (Å²) < 4.78 is 16.7. The average Bonchev–Trinajstić information content (AvgIpc) is 3.72. The number of aromatic amines is 1. The molecule has 0 radical (unpaired) electrons. The van der Waals surface area contributed by atoms with E-state index in [-0.39, 0.29) is 28.6 Å². The van der Waals surface area contributed by atoms with Gasteiger partial charge in [-0.1, -0.05) is 17.7 Å². The van der Waals surface area contributed by atoms with Crippen molar-refractivity contribution in [1.29, 1.82) is 0 Å². The molecule has 11 heteroatoms. The Morgan fingerprint density at radius 3 is 2.92 bits per heavy atom. The summed E-state index contributed by atoms with van der Waals surface area (Å²) in [5.41, 5.74) is 6.65. The number of nitrogens with zero attached hydrogens (tertiary/aromatic N) is 7. The molecule has 3 aliphatic rings. The molecule has 2 aliphatic heterocycles. The SMILES string of the molecule is CC1=CCc2c(-c3cnc(C4CCC5CC(c6c(-n7cnnn7)ccc(Cl)c6F)=CC(=O)N54)[nH]3)ccnc21. The number of H-pyrrole nitrogens is 1. The largest absolute Gasteiger partial charge is 0.340 e. The predicted molar refractivity (Wildman–Crippen MR) is 138 cm³/mol. The van der Waals surface area contributed by atoms with Gasteiger partial charge in [0.1, 0.15) is 12.2 Å². The van der Waals surface area contributed by atoms with Crippen molar-refractivity contribution in [2.75, 3.05) is 0 Å². The summed E-state index contributed by atoms with van der Waals surface area (Å²) in [7, 11) is 0. The molecular formula is C27H22ClFN8O. The predicted octanol–water partition coefficient (Wildman–Crippen LogP) is 4.72. The van der Waals surface area contributed by atoms with Gasteiger partial charge >= 0.3 is 0 Å². The molecule has 1 saturated heterocycles. The molecule has 3 aromatic heterocycles. The Hall–Kier alpha value is -4.18. The molecule has 4 aromatic rings. The lowest BCUT2D eigenvalue weighted by Crippen LogP contribution is -2.39. The molecule has 190 valence electrons. The van der Waals surface area contributed by atoms with Gasteiger partial charge in [-0.3, -0.25) is 9.78 Å². The highest BCUT2D eigenvalue weighted by molar-refractivity contribution is 6.31. The van der Waals surface area contributed by atoms with Crippen LogP contribution in [0.3, 0.4) is 0 Å². The number of imidazole rings is 1. The molecule has 2 atom stereocenters. The van der Waals surface area contributed by atoms with E-state index in [1.54, 1.807) is 6.07 Å². The molecule has 0 saturated carbocycles. The second-order valence-electron chi connectivity index (χ2n) is 9.84. The average molecular weight is 529 g/mol. The van der Waals surface area contributed by atoms with Crippen LogP contribution in [0, 0.1) is 5.82 Å². The highest BCUT2D eigenvalue weighted by Gasteiger charge is 2.42. The molecule has 1 aromatic carbocycles. The molecule has 1 fully saturated rings. The molecule has 1 amide bonds. The van der Waals surface area contributed by atoms with Crippen LogP contribution in [-0.4, -0.2) is 52.0 Å². The fourth-order valence-corrected chi connectivity index (χ4v) is 6.15. The van der Waals surface area contributed by atoms with E-state index in [2.05, 4.69) is 43.5 Å². The van der Waals surface area contributed by atoms with E-state index in [1.807, 2.05) is 23.4 Å². The number of hydrogen-bond acceptors (Lipinski definition) is 6. The van der Waals surface area contributed by atoms with E-state index in [0.717, 1.165) is 42.0 Å². The number of allylic oxidation sites excluding steroid dienone is 2. The lowest BCUT2D eigenvalue weighted by Gasteiger charge is -2.33. The molecule has 1 aliphatic carbocycles. The Bertz CT molecular complexity index is 1660. The summed E-state index contributed by atoms with van der Waals surface area (Å²) in [6.45, 7) is 2.07. The van der Waals surface area contributed by atoms with E-state index in [0.29, 0.717) is 17.7 Å². The van der Waals surface area contributed by atoms with Gasteiger partial charge in [-0.15, -0.1) is 5.10 Å². The first-order valence-corrected chi connectivity index (χ1v) is 12.8. The topological polar surface area (TPSA) is 105 Å². The van der Waals surface area contributed by atoms with Crippen LogP contribution in [0.25, 0.3) is 28.1 Å². The summed E-state index contributed by atoms with van der Waals surface area (Å²) in [5.74, 6) is -0.0142. The maximum Gasteiger partial charge on any atom is 0.247 e. The Balaban J connectivity index is 1.21. The monoisotopic (exact) mass is 528 g/mol. The quantitative estimate of drug-likeness (QED) is 0.411. The lowest BCUT2D eigenvalue weighted by atomic mass is 9.92. The molecule has 9 nitrogen and oxygen atoms in total. The fourth-order valence-electron chi connectivity index (χ4n) is 5.99. The normalized spacial score (nSPS) is 20.4. The van der Waals surface area contributed by atoms with Crippen molar-refractivity contribution in [3.63, 3.8) is 0 Å². The summed E-state index contributed by atoms with van der Waals surface area (Å²) in [6.07, 6.45) is 11.6. The molecule has 5 heterocycles. The van der Waals surface area contributed by atoms with Crippen molar-refractivity contribution in [3.8, 4) is 16.9 Å². The van der Waals surface area contributed by atoms with E-state index in [9.17, 15) is 4.79 Å². The van der Waals surface area contributed by atoms with Gasteiger partial charge in [0, 0.05) is 29.4 Å². The van der Waals surface area contributed by atoms with Gasteiger partial charge in [0.15, 0.2) is 5.82 Å². The smallest absolute Gasteiger partial charge is 0.247 e. The van der Waals surface area contributed by atoms with Crippen molar-refractivity contribution in [2.24, 2.45) is 0 Å². The number of tetrazole rings is 1. The van der Waals surface area contributed by atoms with Crippen LogP contribution in [-0.2, 0) is 11.2 Å². The van der Waals surface area contributed by atoms with Crippen LogP contribution in [0.15, 0.2) is 49.1 Å². The van der Waals surface area contributed by atoms with Crippen LogP contribution < -0.4 is 0 Å². The number of fused-ring (bicyclic) bond motifs is 2. The zero-order valence-electron chi connectivity index (χ0n) is 20.4. The number of halogens is 2. The second kappa shape index (κ2) is 8.70.